The Morgan fingerprint density at radius 2 is 2.05 bits per heavy atom. The van der Waals surface area contributed by atoms with Crippen LogP contribution in [0, 0.1) is 24.2 Å². The summed E-state index contributed by atoms with van der Waals surface area (Å²) in [6.45, 7) is 14.1. The van der Waals surface area contributed by atoms with Crippen molar-refractivity contribution in [2.75, 3.05) is 31.1 Å². The SMILES string of the molecule is C=Cc1cc(-c2c(C3CC3)nc(N3CCN(C(=C)CCC4CCO4)C(C4CC4)C3)c(C#N)c2C)ccn1. The van der Waals surface area contributed by atoms with E-state index in [1.165, 1.54) is 25.0 Å². The van der Waals surface area contributed by atoms with Crippen molar-refractivity contribution in [3.63, 3.8) is 0 Å². The van der Waals surface area contributed by atoms with Gasteiger partial charge in [0.2, 0.25) is 0 Å². The third kappa shape index (κ3) is 4.78. The van der Waals surface area contributed by atoms with Crippen molar-refractivity contribution in [1.29, 1.82) is 5.26 Å². The van der Waals surface area contributed by atoms with Gasteiger partial charge in [-0.05, 0) is 87.1 Å². The molecule has 4 fully saturated rings. The summed E-state index contributed by atoms with van der Waals surface area (Å²) in [6, 6.07) is 7.08. The quantitative estimate of drug-likeness (QED) is 0.436. The highest BCUT2D eigenvalue weighted by Gasteiger charge is 2.41. The number of allylic oxidation sites excluding steroid dienone is 1. The molecule has 2 aliphatic carbocycles. The van der Waals surface area contributed by atoms with Crippen molar-refractivity contribution < 1.29 is 4.74 Å². The summed E-state index contributed by atoms with van der Waals surface area (Å²) >= 11 is 0. The zero-order valence-corrected chi connectivity index (χ0v) is 22.0. The van der Waals surface area contributed by atoms with Gasteiger partial charge in [0.25, 0.3) is 0 Å². The Kier molecular flexibility index (Phi) is 6.50. The van der Waals surface area contributed by atoms with Gasteiger partial charge in [0, 0.05) is 55.7 Å². The minimum absolute atomic E-state index is 0.421. The number of hydrogen-bond acceptors (Lipinski definition) is 6. The number of ether oxygens (including phenoxy) is 1. The van der Waals surface area contributed by atoms with Crippen LogP contribution in [0.1, 0.15) is 73.4 Å². The van der Waals surface area contributed by atoms with E-state index < -0.39 is 0 Å². The molecule has 4 heterocycles. The first kappa shape index (κ1) is 24.2. The summed E-state index contributed by atoms with van der Waals surface area (Å²) in [5.41, 5.74) is 7.16. The van der Waals surface area contributed by atoms with E-state index in [0.29, 0.717) is 29.5 Å². The van der Waals surface area contributed by atoms with Crippen molar-refractivity contribution >= 4 is 11.9 Å². The number of rotatable bonds is 9. The number of nitriles is 1. The first-order valence-corrected chi connectivity index (χ1v) is 13.9. The highest BCUT2D eigenvalue weighted by atomic mass is 16.5. The molecule has 0 aromatic carbocycles. The van der Waals surface area contributed by atoms with E-state index in [9.17, 15) is 5.26 Å². The molecule has 6 nitrogen and oxygen atoms in total. The Morgan fingerprint density at radius 3 is 2.70 bits per heavy atom. The molecular formula is C31H37N5O. The molecule has 0 spiro atoms. The number of piperazine rings is 1. The number of pyridine rings is 2. The summed E-state index contributed by atoms with van der Waals surface area (Å²) < 4.78 is 5.64. The van der Waals surface area contributed by atoms with Crippen molar-refractivity contribution in [2.24, 2.45) is 5.92 Å². The third-order valence-corrected chi connectivity index (χ3v) is 8.65. The Hall–Kier alpha value is -3.17. The van der Waals surface area contributed by atoms with Gasteiger partial charge >= 0.3 is 0 Å². The van der Waals surface area contributed by atoms with Crippen molar-refractivity contribution in [2.45, 2.75) is 69.9 Å². The smallest absolute Gasteiger partial charge is 0.147 e. The van der Waals surface area contributed by atoms with Crippen LogP contribution in [0.3, 0.4) is 0 Å². The minimum atomic E-state index is 0.421. The van der Waals surface area contributed by atoms with Crippen LogP contribution in [0.4, 0.5) is 5.82 Å². The Morgan fingerprint density at radius 1 is 1.24 bits per heavy atom. The topological polar surface area (TPSA) is 65.3 Å². The van der Waals surface area contributed by atoms with Crippen LogP contribution in [-0.4, -0.2) is 53.3 Å². The second-order valence-corrected chi connectivity index (χ2v) is 11.2. The van der Waals surface area contributed by atoms with Crippen LogP contribution >= 0.6 is 0 Å². The Balaban J connectivity index is 1.30. The summed E-state index contributed by atoms with van der Waals surface area (Å²) in [5, 5.41) is 10.3. The first-order chi connectivity index (χ1) is 18.1. The molecule has 2 unspecified atom stereocenters. The van der Waals surface area contributed by atoms with E-state index in [1.54, 1.807) is 6.08 Å². The van der Waals surface area contributed by atoms with Gasteiger partial charge in [0.15, 0.2) is 0 Å². The van der Waals surface area contributed by atoms with Gasteiger partial charge in [-0.2, -0.15) is 5.26 Å². The second-order valence-electron chi connectivity index (χ2n) is 11.2. The number of aromatic nitrogens is 2. The average Bonchev–Trinajstić information content (AvgIpc) is 3.80. The lowest BCUT2D eigenvalue weighted by Crippen LogP contribution is -2.54. The second kappa shape index (κ2) is 9.95. The summed E-state index contributed by atoms with van der Waals surface area (Å²) in [4.78, 5) is 14.6. The lowest BCUT2D eigenvalue weighted by atomic mass is 9.93. The third-order valence-electron chi connectivity index (χ3n) is 8.65. The first-order valence-electron chi connectivity index (χ1n) is 13.9. The lowest BCUT2D eigenvalue weighted by molar-refractivity contribution is -0.0550. The predicted molar refractivity (Wildman–Crippen MR) is 147 cm³/mol. The molecule has 0 amide bonds. The van der Waals surface area contributed by atoms with E-state index in [-0.39, 0.29) is 0 Å². The van der Waals surface area contributed by atoms with Gasteiger partial charge in [0.05, 0.1) is 23.1 Å². The molecule has 2 aromatic heterocycles. The van der Waals surface area contributed by atoms with E-state index in [1.807, 2.05) is 12.3 Å². The molecule has 192 valence electrons. The van der Waals surface area contributed by atoms with Crippen LogP contribution in [0.25, 0.3) is 17.2 Å². The molecular weight excluding hydrogens is 458 g/mol. The Labute approximate surface area is 220 Å². The van der Waals surface area contributed by atoms with E-state index in [2.05, 4.69) is 47.0 Å². The van der Waals surface area contributed by atoms with Crippen LogP contribution in [0.5, 0.6) is 0 Å². The number of anilines is 1. The zero-order chi connectivity index (χ0) is 25.5. The highest BCUT2D eigenvalue weighted by molar-refractivity contribution is 5.77. The van der Waals surface area contributed by atoms with E-state index in [0.717, 1.165) is 85.8 Å². The van der Waals surface area contributed by atoms with Crippen LogP contribution in [-0.2, 0) is 4.74 Å². The molecule has 2 atom stereocenters. The average molecular weight is 496 g/mol. The molecule has 2 saturated carbocycles. The number of nitrogens with zero attached hydrogens (tertiary/aromatic N) is 5. The molecule has 0 bridgehead atoms. The monoisotopic (exact) mass is 495 g/mol. The minimum Gasteiger partial charge on any atom is -0.378 e. The fourth-order valence-corrected chi connectivity index (χ4v) is 6.07. The van der Waals surface area contributed by atoms with Crippen LogP contribution < -0.4 is 4.90 Å². The zero-order valence-electron chi connectivity index (χ0n) is 22.0. The predicted octanol–water partition coefficient (Wildman–Crippen LogP) is 5.83. The molecule has 2 saturated heterocycles. The van der Waals surface area contributed by atoms with Gasteiger partial charge in [-0.25, -0.2) is 4.98 Å². The van der Waals surface area contributed by atoms with Crippen LogP contribution in [0.15, 0.2) is 37.2 Å². The largest absolute Gasteiger partial charge is 0.378 e. The molecule has 0 N–H and O–H groups in total. The molecule has 2 aromatic rings. The maximum absolute atomic E-state index is 10.3. The fourth-order valence-electron chi connectivity index (χ4n) is 6.07. The summed E-state index contributed by atoms with van der Waals surface area (Å²) in [5.74, 6) is 2.06. The lowest BCUT2D eigenvalue weighted by Gasteiger charge is -2.45. The fraction of sp³-hybridized carbons (Fsp3) is 0.516. The molecule has 6 heteroatoms. The van der Waals surface area contributed by atoms with Gasteiger partial charge in [-0.1, -0.05) is 13.2 Å². The maximum atomic E-state index is 10.3. The summed E-state index contributed by atoms with van der Waals surface area (Å²) in [6.07, 6.45) is 12.2. The highest BCUT2D eigenvalue weighted by Crippen LogP contribution is 2.47. The van der Waals surface area contributed by atoms with Gasteiger partial charge in [0.1, 0.15) is 11.9 Å². The molecule has 6 rings (SSSR count). The van der Waals surface area contributed by atoms with E-state index >= 15 is 0 Å². The van der Waals surface area contributed by atoms with Crippen molar-refractivity contribution in [3.8, 4) is 17.2 Å². The van der Waals surface area contributed by atoms with Crippen molar-refractivity contribution in [3.05, 3.63) is 59.7 Å². The van der Waals surface area contributed by atoms with Gasteiger partial charge in [-0.3, -0.25) is 4.98 Å². The van der Waals surface area contributed by atoms with E-state index in [4.69, 9.17) is 9.72 Å². The van der Waals surface area contributed by atoms with Gasteiger partial charge < -0.3 is 14.5 Å². The maximum Gasteiger partial charge on any atom is 0.147 e. The molecule has 0 radical (unpaired) electrons. The Bertz CT molecular complexity index is 1250. The van der Waals surface area contributed by atoms with Crippen molar-refractivity contribution in [1.82, 2.24) is 14.9 Å². The standard InChI is InChI=1S/C31H37N5O/c1-4-25-17-24(11-13-33-25)29-21(3)27(18-32)31(34-30(29)23-8-9-23)35-14-15-36(28(19-35)22-6-7-22)20(2)5-10-26-12-16-37-26/h4,11,13,17,22-23,26,28H,1-2,5-10,12,14-16,19H2,3H3. The molecule has 37 heavy (non-hydrogen) atoms. The normalized spacial score (nSPS) is 23.4. The summed E-state index contributed by atoms with van der Waals surface area (Å²) in [7, 11) is 0. The molecule has 2 aliphatic heterocycles. The number of hydrogen-bond donors (Lipinski definition) is 0. The molecule has 4 aliphatic rings. The van der Waals surface area contributed by atoms with Gasteiger partial charge in [-0.15, -0.1) is 0 Å². The van der Waals surface area contributed by atoms with Crippen LogP contribution in [0.2, 0.25) is 0 Å².